The van der Waals surface area contributed by atoms with Gasteiger partial charge in [-0.3, -0.25) is 14.0 Å². The Labute approximate surface area is 132 Å². The predicted molar refractivity (Wildman–Crippen MR) is 86.6 cm³/mol. The molecule has 2 aromatic rings. The maximum atomic E-state index is 12.9. The van der Waals surface area contributed by atoms with Crippen molar-refractivity contribution in [2.75, 3.05) is 16.4 Å². The topological polar surface area (TPSA) is 40.6 Å². The molecule has 4 nitrogen and oxygen atoms in total. The van der Waals surface area contributed by atoms with Crippen LogP contribution in [0.3, 0.4) is 0 Å². The molecule has 1 atom stereocenters. The Morgan fingerprint density at radius 3 is 2.33 bits per heavy atom. The first-order valence-corrected chi connectivity index (χ1v) is 9.06. The minimum absolute atomic E-state index is 0.385. The van der Waals surface area contributed by atoms with E-state index in [0.29, 0.717) is 22.0 Å². The molecular formula is C14H11Cl2N2O2P. The third-order valence-electron chi connectivity index (χ3n) is 3.36. The molecule has 0 fully saturated rings. The van der Waals surface area contributed by atoms with E-state index < -0.39 is 6.80 Å². The number of hydrogen-bond acceptors (Lipinski definition) is 2. The van der Waals surface area contributed by atoms with Crippen molar-refractivity contribution in [2.45, 2.75) is 0 Å². The van der Waals surface area contributed by atoms with Crippen LogP contribution in [0, 0.1) is 0 Å². The molecule has 1 aliphatic rings. The standard InChI is InChI=1S/C14H11Cl2N2O2P/c1-17-13-5-3-2-4-12(13)14(19)18(21(17,16)20)11-8-6-10(15)7-9-11/h2-9H,1H3. The van der Waals surface area contributed by atoms with Crippen molar-refractivity contribution >= 4 is 46.9 Å². The molecule has 0 radical (unpaired) electrons. The highest BCUT2D eigenvalue weighted by atomic mass is 35.7. The molecule has 0 saturated heterocycles. The smallest absolute Gasteiger partial charge is 0.297 e. The van der Waals surface area contributed by atoms with Gasteiger partial charge in [0.1, 0.15) is 0 Å². The molecule has 7 heteroatoms. The van der Waals surface area contributed by atoms with Crippen LogP contribution in [0.1, 0.15) is 10.4 Å². The zero-order valence-electron chi connectivity index (χ0n) is 11.0. The second kappa shape index (κ2) is 5.06. The number of nitrogens with zero attached hydrogens (tertiary/aromatic N) is 2. The number of amides is 1. The Morgan fingerprint density at radius 1 is 1.05 bits per heavy atom. The average Bonchev–Trinajstić information content (AvgIpc) is 2.47. The quantitative estimate of drug-likeness (QED) is 0.701. The van der Waals surface area contributed by atoms with E-state index in [2.05, 4.69) is 0 Å². The van der Waals surface area contributed by atoms with E-state index in [9.17, 15) is 9.36 Å². The number of carbonyl (C=O) groups is 1. The van der Waals surface area contributed by atoms with E-state index in [-0.39, 0.29) is 5.91 Å². The lowest BCUT2D eigenvalue weighted by molar-refractivity contribution is 0.100. The molecule has 0 aromatic heterocycles. The van der Waals surface area contributed by atoms with Gasteiger partial charge in [-0.05, 0) is 47.6 Å². The summed E-state index contributed by atoms with van der Waals surface area (Å²) in [6.45, 7) is -3.57. The second-order valence-corrected chi connectivity index (χ2v) is 8.31. The van der Waals surface area contributed by atoms with Crippen molar-refractivity contribution in [3.05, 3.63) is 59.1 Å². The van der Waals surface area contributed by atoms with Gasteiger partial charge in [0.25, 0.3) is 5.91 Å². The van der Waals surface area contributed by atoms with Crippen molar-refractivity contribution in [3.8, 4) is 0 Å². The first-order chi connectivity index (χ1) is 9.93. The molecule has 2 aromatic carbocycles. The molecule has 0 saturated carbocycles. The Kier molecular flexibility index (Phi) is 3.48. The van der Waals surface area contributed by atoms with Crippen molar-refractivity contribution in [1.82, 2.24) is 0 Å². The van der Waals surface area contributed by atoms with Crippen molar-refractivity contribution in [1.29, 1.82) is 0 Å². The van der Waals surface area contributed by atoms with Gasteiger partial charge in [0.15, 0.2) is 0 Å². The van der Waals surface area contributed by atoms with E-state index in [1.165, 1.54) is 4.67 Å². The predicted octanol–water partition coefficient (Wildman–Crippen LogP) is 4.78. The maximum absolute atomic E-state index is 12.9. The van der Waals surface area contributed by atoms with Crippen LogP contribution in [-0.2, 0) is 4.57 Å². The first-order valence-electron chi connectivity index (χ1n) is 6.16. The highest BCUT2D eigenvalue weighted by Crippen LogP contribution is 2.63. The van der Waals surface area contributed by atoms with E-state index in [4.69, 9.17) is 22.8 Å². The third-order valence-corrected chi connectivity index (χ3v) is 6.61. The van der Waals surface area contributed by atoms with Gasteiger partial charge >= 0.3 is 6.80 Å². The number of benzene rings is 2. The van der Waals surface area contributed by atoms with Crippen molar-refractivity contribution in [3.63, 3.8) is 0 Å². The third kappa shape index (κ3) is 2.24. The molecule has 1 aliphatic heterocycles. The minimum Gasteiger partial charge on any atom is -0.297 e. The van der Waals surface area contributed by atoms with E-state index >= 15 is 0 Å². The largest absolute Gasteiger partial charge is 0.359 e. The van der Waals surface area contributed by atoms with E-state index in [0.717, 1.165) is 4.67 Å². The van der Waals surface area contributed by atoms with E-state index in [1.807, 2.05) is 0 Å². The summed E-state index contributed by atoms with van der Waals surface area (Å²) in [4.78, 5) is 12.7. The molecule has 1 amide bonds. The fraction of sp³-hybridized carbons (Fsp3) is 0.0714. The summed E-state index contributed by atoms with van der Waals surface area (Å²) in [5.74, 6) is -0.385. The number of halogens is 2. The lowest BCUT2D eigenvalue weighted by Gasteiger charge is -2.39. The van der Waals surface area contributed by atoms with Gasteiger partial charge in [-0.15, -0.1) is 0 Å². The molecule has 0 bridgehead atoms. The Bertz CT molecular complexity index is 764. The van der Waals surface area contributed by atoms with Gasteiger partial charge in [0, 0.05) is 12.1 Å². The molecule has 21 heavy (non-hydrogen) atoms. The summed E-state index contributed by atoms with van der Waals surface area (Å²) in [6.07, 6.45) is 0. The number of rotatable bonds is 1. The van der Waals surface area contributed by atoms with Crippen molar-refractivity contribution < 1.29 is 9.36 Å². The van der Waals surface area contributed by atoms with Gasteiger partial charge < -0.3 is 0 Å². The summed E-state index contributed by atoms with van der Waals surface area (Å²) in [6, 6.07) is 13.4. The lowest BCUT2D eigenvalue weighted by Crippen LogP contribution is -2.37. The van der Waals surface area contributed by atoms with Gasteiger partial charge in [-0.2, -0.15) is 0 Å². The zero-order valence-corrected chi connectivity index (χ0v) is 13.4. The molecule has 3 rings (SSSR count). The van der Waals surface area contributed by atoms with Gasteiger partial charge in [-0.1, -0.05) is 23.7 Å². The van der Waals surface area contributed by atoms with Gasteiger partial charge in [-0.25, -0.2) is 4.67 Å². The summed E-state index contributed by atoms with van der Waals surface area (Å²) >= 11 is 12.1. The van der Waals surface area contributed by atoms with Crippen LogP contribution in [-0.4, -0.2) is 13.0 Å². The van der Waals surface area contributed by atoms with Crippen LogP contribution < -0.4 is 9.34 Å². The normalized spacial score (nSPS) is 21.4. The summed E-state index contributed by atoms with van der Waals surface area (Å²) < 4.78 is 15.5. The molecule has 108 valence electrons. The fourth-order valence-corrected chi connectivity index (χ4v) is 4.57. The van der Waals surface area contributed by atoms with Crippen LogP contribution in [0.25, 0.3) is 0 Å². The summed E-state index contributed by atoms with van der Waals surface area (Å²) in [5, 5.41) is 0.529. The van der Waals surface area contributed by atoms with E-state index in [1.54, 1.807) is 55.6 Å². The lowest BCUT2D eigenvalue weighted by atomic mass is 10.1. The Morgan fingerprint density at radius 2 is 1.67 bits per heavy atom. The fourth-order valence-electron chi connectivity index (χ4n) is 2.27. The van der Waals surface area contributed by atoms with Crippen LogP contribution in [0.4, 0.5) is 11.4 Å². The highest BCUT2D eigenvalue weighted by molar-refractivity contribution is 7.92. The molecule has 1 heterocycles. The summed E-state index contributed by atoms with van der Waals surface area (Å²) in [5.41, 5.74) is 1.47. The molecule has 0 N–H and O–H groups in total. The highest BCUT2D eigenvalue weighted by Gasteiger charge is 2.44. The number of para-hydroxylation sites is 1. The number of anilines is 2. The number of hydrogen-bond donors (Lipinski definition) is 0. The molecule has 0 aliphatic carbocycles. The Balaban J connectivity index is 2.19. The monoisotopic (exact) mass is 340 g/mol. The SMILES string of the molecule is CN1c2ccccc2C(=O)N(c2ccc(Cl)cc2)P1(=O)Cl. The maximum Gasteiger partial charge on any atom is 0.359 e. The van der Waals surface area contributed by atoms with Gasteiger partial charge in [0.2, 0.25) is 0 Å². The summed E-state index contributed by atoms with van der Waals surface area (Å²) in [7, 11) is 1.61. The van der Waals surface area contributed by atoms with Crippen LogP contribution >= 0.6 is 29.6 Å². The minimum atomic E-state index is -3.57. The van der Waals surface area contributed by atoms with Crippen LogP contribution in [0.15, 0.2) is 48.5 Å². The first kappa shape index (κ1) is 14.5. The molecular weight excluding hydrogens is 330 g/mol. The zero-order chi connectivity index (χ0) is 15.2. The van der Waals surface area contributed by atoms with Crippen LogP contribution in [0.2, 0.25) is 5.02 Å². The van der Waals surface area contributed by atoms with Crippen molar-refractivity contribution in [2.24, 2.45) is 0 Å². The average molecular weight is 341 g/mol. The Hall–Kier alpha value is -1.48. The molecule has 0 spiro atoms. The number of fused-ring (bicyclic) bond motifs is 1. The molecule has 1 unspecified atom stereocenters. The second-order valence-electron chi connectivity index (χ2n) is 4.61. The van der Waals surface area contributed by atoms with Gasteiger partial charge in [0.05, 0.1) is 16.9 Å². The number of carbonyl (C=O) groups excluding carboxylic acids is 1. The van der Waals surface area contributed by atoms with Crippen LogP contribution in [0.5, 0.6) is 0 Å².